The van der Waals surface area contributed by atoms with Crippen LogP contribution in [0.2, 0.25) is 0 Å². The largest absolute Gasteiger partial charge is 0.398 e. The van der Waals surface area contributed by atoms with Gasteiger partial charge >= 0.3 is 0 Å². The lowest BCUT2D eigenvalue weighted by Crippen LogP contribution is -2.34. The van der Waals surface area contributed by atoms with Gasteiger partial charge in [-0.1, -0.05) is 12.5 Å². The fraction of sp³-hybridized carbons (Fsp3) is 0.500. The molecule has 0 saturated heterocycles. The lowest BCUT2D eigenvalue weighted by Gasteiger charge is -2.30. The Morgan fingerprint density at radius 2 is 2.18 bits per heavy atom. The summed E-state index contributed by atoms with van der Waals surface area (Å²) in [5, 5.41) is 0. The predicted octanol–water partition coefficient (Wildman–Crippen LogP) is 2.45. The highest BCUT2D eigenvalue weighted by Crippen LogP contribution is 2.27. The topological polar surface area (TPSA) is 46.3 Å². The van der Waals surface area contributed by atoms with E-state index in [0.717, 1.165) is 12.1 Å². The van der Waals surface area contributed by atoms with Crippen molar-refractivity contribution in [3.05, 3.63) is 29.3 Å². The van der Waals surface area contributed by atoms with Gasteiger partial charge in [-0.3, -0.25) is 4.79 Å². The first-order chi connectivity index (χ1) is 8.08. The molecule has 0 aliphatic heterocycles. The minimum absolute atomic E-state index is 0.0365. The SMILES string of the molecule is Cc1ccc(C(=O)N(C)CC2CCC2)c(N)c1. The molecule has 1 aliphatic carbocycles. The molecule has 2 rings (SSSR count). The van der Waals surface area contributed by atoms with E-state index in [1.165, 1.54) is 19.3 Å². The number of aryl methyl sites for hydroxylation is 1. The summed E-state index contributed by atoms with van der Waals surface area (Å²) in [5.41, 5.74) is 8.18. The number of benzene rings is 1. The van der Waals surface area contributed by atoms with Crippen molar-refractivity contribution in [2.24, 2.45) is 5.92 Å². The average Bonchev–Trinajstić information content (AvgIpc) is 2.22. The molecule has 2 N–H and O–H groups in total. The summed E-state index contributed by atoms with van der Waals surface area (Å²) in [6.45, 7) is 2.83. The number of nitrogens with zero attached hydrogens (tertiary/aromatic N) is 1. The van der Waals surface area contributed by atoms with Crippen LogP contribution in [0.3, 0.4) is 0 Å². The smallest absolute Gasteiger partial charge is 0.255 e. The molecule has 17 heavy (non-hydrogen) atoms. The Bertz CT molecular complexity index is 424. The monoisotopic (exact) mass is 232 g/mol. The van der Waals surface area contributed by atoms with Crippen LogP contribution in [0, 0.1) is 12.8 Å². The second-order valence-electron chi connectivity index (χ2n) is 5.07. The summed E-state index contributed by atoms with van der Waals surface area (Å²) < 4.78 is 0. The third-order valence-electron chi connectivity index (χ3n) is 3.54. The van der Waals surface area contributed by atoms with Gasteiger partial charge in [0.15, 0.2) is 0 Å². The van der Waals surface area contributed by atoms with Crippen molar-refractivity contribution in [1.82, 2.24) is 4.90 Å². The molecule has 3 nitrogen and oxygen atoms in total. The summed E-state index contributed by atoms with van der Waals surface area (Å²) in [6.07, 6.45) is 3.81. The summed E-state index contributed by atoms with van der Waals surface area (Å²) in [5.74, 6) is 0.727. The third kappa shape index (κ3) is 2.60. The Morgan fingerprint density at radius 3 is 2.71 bits per heavy atom. The number of amides is 1. The molecule has 1 amide bonds. The van der Waals surface area contributed by atoms with E-state index in [9.17, 15) is 4.79 Å². The zero-order valence-corrected chi connectivity index (χ0v) is 10.6. The number of hydrogen-bond acceptors (Lipinski definition) is 2. The molecule has 0 unspecified atom stereocenters. The van der Waals surface area contributed by atoms with E-state index in [1.807, 2.05) is 32.2 Å². The molecule has 1 fully saturated rings. The van der Waals surface area contributed by atoms with Gasteiger partial charge in [0.2, 0.25) is 0 Å². The first-order valence-corrected chi connectivity index (χ1v) is 6.19. The second-order valence-corrected chi connectivity index (χ2v) is 5.07. The minimum atomic E-state index is 0.0365. The van der Waals surface area contributed by atoms with Gasteiger partial charge in [-0.15, -0.1) is 0 Å². The molecular weight excluding hydrogens is 212 g/mol. The Labute approximate surface area is 103 Å². The molecule has 0 aromatic heterocycles. The molecule has 1 saturated carbocycles. The molecule has 1 aromatic carbocycles. The zero-order valence-electron chi connectivity index (χ0n) is 10.6. The van der Waals surface area contributed by atoms with Gasteiger partial charge in [0.1, 0.15) is 0 Å². The van der Waals surface area contributed by atoms with Crippen LogP contribution < -0.4 is 5.73 Å². The van der Waals surface area contributed by atoms with E-state index in [-0.39, 0.29) is 5.91 Å². The number of carbonyl (C=O) groups excluding carboxylic acids is 1. The predicted molar refractivity (Wildman–Crippen MR) is 69.9 cm³/mol. The van der Waals surface area contributed by atoms with Crippen LogP contribution in [0.1, 0.15) is 35.2 Å². The molecule has 1 aliphatic rings. The average molecular weight is 232 g/mol. The summed E-state index contributed by atoms with van der Waals surface area (Å²) in [4.78, 5) is 14.0. The van der Waals surface area contributed by atoms with Crippen LogP contribution in [-0.2, 0) is 0 Å². The molecule has 0 radical (unpaired) electrons. The number of nitrogens with two attached hydrogens (primary N) is 1. The maximum Gasteiger partial charge on any atom is 0.255 e. The maximum absolute atomic E-state index is 12.2. The summed E-state index contributed by atoms with van der Waals surface area (Å²) in [7, 11) is 1.86. The normalized spacial score (nSPS) is 15.4. The van der Waals surface area contributed by atoms with Crippen LogP contribution in [-0.4, -0.2) is 24.4 Å². The van der Waals surface area contributed by atoms with Gasteiger partial charge in [0.05, 0.1) is 5.56 Å². The van der Waals surface area contributed by atoms with Crippen LogP contribution >= 0.6 is 0 Å². The molecule has 0 spiro atoms. The van der Waals surface area contributed by atoms with Crippen molar-refractivity contribution >= 4 is 11.6 Å². The zero-order chi connectivity index (χ0) is 12.4. The molecule has 0 heterocycles. The summed E-state index contributed by atoms with van der Waals surface area (Å²) >= 11 is 0. The van der Waals surface area contributed by atoms with E-state index in [2.05, 4.69) is 0 Å². The highest BCUT2D eigenvalue weighted by atomic mass is 16.2. The van der Waals surface area contributed by atoms with Crippen molar-refractivity contribution in [1.29, 1.82) is 0 Å². The highest BCUT2D eigenvalue weighted by Gasteiger charge is 2.22. The minimum Gasteiger partial charge on any atom is -0.398 e. The Balaban J connectivity index is 2.07. The van der Waals surface area contributed by atoms with Crippen LogP contribution in [0.25, 0.3) is 0 Å². The van der Waals surface area contributed by atoms with Gasteiger partial charge in [0, 0.05) is 19.3 Å². The Kier molecular flexibility index (Phi) is 3.36. The van der Waals surface area contributed by atoms with Crippen molar-refractivity contribution in [3.8, 4) is 0 Å². The van der Waals surface area contributed by atoms with E-state index < -0.39 is 0 Å². The number of carbonyl (C=O) groups is 1. The number of anilines is 1. The van der Waals surface area contributed by atoms with E-state index in [0.29, 0.717) is 17.2 Å². The number of rotatable bonds is 3. The first kappa shape index (κ1) is 12.0. The van der Waals surface area contributed by atoms with Gasteiger partial charge in [0.25, 0.3) is 5.91 Å². The quantitative estimate of drug-likeness (QED) is 0.814. The van der Waals surface area contributed by atoms with Crippen molar-refractivity contribution in [3.63, 3.8) is 0 Å². The van der Waals surface area contributed by atoms with Crippen LogP contribution in [0.15, 0.2) is 18.2 Å². The fourth-order valence-electron chi connectivity index (χ4n) is 2.23. The van der Waals surface area contributed by atoms with Gasteiger partial charge in [-0.2, -0.15) is 0 Å². The van der Waals surface area contributed by atoms with Crippen molar-refractivity contribution in [2.45, 2.75) is 26.2 Å². The lowest BCUT2D eigenvalue weighted by molar-refractivity contribution is 0.0746. The molecule has 1 aromatic rings. The molecule has 0 atom stereocenters. The molecule has 3 heteroatoms. The second kappa shape index (κ2) is 4.78. The molecule has 0 bridgehead atoms. The lowest BCUT2D eigenvalue weighted by atomic mass is 9.85. The summed E-state index contributed by atoms with van der Waals surface area (Å²) in [6, 6.07) is 5.61. The van der Waals surface area contributed by atoms with E-state index in [1.54, 1.807) is 4.90 Å². The standard InChI is InChI=1S/C14H20N2O/c1-10-6-7-12(13(15)8-10)14(17)16(2)9-11-4-3-5-11/h6-8,11H,3-5,9,15H2,1-2H3. The molecule has 92 valence electrons. The van der Waals surface area contributed by atoms with Crippen molar-refractivity contribution < 1.29 is 4.79 Å². The maximum atomic E-state index is 12.2. The number of nitrogen functional groups attached to an aromatic ring is 1. The van der Waals surface area contributed by atoms with Crippen LogP contribution in [0.5, 0.6) is 0 Å². The Hall–Kier alpha value is -1.51. The van der Waals surface area contributed by atoms with E-state index >= 15 is 0 Å². The van der Waals surface area contributed by atoms with Crippen LogP contribution in [0.4, 0.5) is 5.69 Å². The van der Waals surface area contributed by atoms with Gasteiger partial charge in [-0.25, -0.2) is 0 Å². The fourth-order valence-corrected chi connectivity index (χ4v) is 2.23. The first-order valence-electron chi connectivity index (χ1n) is 6.19. The Morgan fingerprint density at radius 1 is 1.47 bits per heavy atom. The highest BCUT2D eigenvalue weighted by molar-refractivity contribution is 5.99. The third-order valence-corrected chi connectivity index (χ3v) is 3.54. The number of hydrogen-bond donors (Lipinski definition) is 1. The molecular formula is C14H20N2O. The van der Waals surface area contributed by atoms with Crippen molar-refractivity contribution in [2.75, 3.05) is 19.3 Å². The van der Waals surface area contributed by atoms with Gasteiger partial charge in [-0.05, 0) is 43.4 Å². The van der Waals surface area contributed by atoms with Gasteiger partial charge < -0.3 is 10.6 Å². The van der Waals surface area contributed by atoms with E-state index in [4.69, 9.17) is 5.73 Å².